The number of ether oxygens (including phenoxy) is 1. The van der Waals surface area contributed by atoms with E-state index in [1.165, 1.54) is 4.31 Å². The summed E-state index contributed by atoms with van der Waals surface area (Å²) in [5.74, 6) is 0.774. The molecule has 1 aliphatic rings. The molecule has 2 aromatic carbocycles. The molecule has 26 heavy (non-hydrogen) atoms. The molecule has 0 aliphatic carbocycles. The summed E-state index contributed by atoms with van der Waals surface area (Å²) in [4.78, 5) is 4.43. The van der Waals surface area contributed by atoms with Crippen LogP contribution in [0.4, 0.5) is 0 Å². The molecular formula is C19H19N3O3S. The van der Waals surface area contributed by atoms with Gasteiger partial charge in [0.05, 0.1) is 12.6 Å². The molecular weight excluding hydrogens is 350 g/mol. The SMILES string of the molecule is COc1ccc2c(-c3ccc4c(c3)CCN(S(N)(=O)=O)C4)ccnc2c1. The average Bonchev–Trinajstić information content (AvgIpc) is 2.65. The summed E-state index contributed by atoms with van der Waals surface area (Å²) in [5, 5.41) is 6.31. The van der Waals surface area contributed by atoms with Crippen molar-refractivity contribution < 1.29 is 13.2 Å². The molecule has 2 N–H and O–H groups in total. The number of methoxy groups -OCH3 is 1. The van der Waals surface area contributed by atoms with E-state index >= 15 is 0 Å². The van der Waals surface area contributed by atoms with Crippen molar-refractivity contribution in [3.05, 3.63) is 59.8 Å². The van der Waals surface area contributed by atoms with Crippen LogP contribution in [0.2, 0.25) is 0 Å². The van der Waals surface area contributed by atoms with Gasteiger partial charge in [0.25, 0.3) is 10.2 Å². The van der Waals surface area contributed by atoms with Crippen molar-refractivity contribution in [1.29, 1.82) is 0 Å². The average molecular weight is 369 g/mol. The van der Waals surface area contributed by atoms with Crippen molar-refractivity contribution in [3.63, 3.8) is 0 Å². The summed E-state index contributed by atoms with van der Waals surface area (Å²) in [6.07, 6.45) is 2.44. The van der Waals surface area contributed by atoms with Crippen LogP contribution < -0.4 is 9.88 Å². The lowest BCUT2D eigenvalue weighted by Gasteiger charge is -2.26. The van der Waals surface area contributed by atoms with Crippen LogP contribution in [0.25, 0.3) is 22.0 Å². The summed E-state index contributed by atoms with van der Waals surface area (Å²) in [6, 6.07) is 14.0. The molecule has 0 saturated carbocycles. The van der Waals surface area contributed by atoms with E-state index in [1.807, 2.05) is 36.4 Å². The van der Waals surface area contributed by atoms with Crippen LogP contribution in [0.15, 0.2) is 48.7 Å². The fourth-order valence-corrected chi connectivity index (χ4v) is 4.08. The van der Waals surface area contributed by atoms with Crippen LogP contribution in [0, 0.1) is 0 Å². The number of benzene rings is 2. The molecule has 0 saturated heterocycles. The normalized spacial score (nSPS) is 15.0. The monoisotopic (exact) mass is 369 g/mol. The number of pyridine rings is 1. The van der Waals surface area contributed by atoms with Gasteiger partial charge in [-0.2, -0.15) is 12.7 Å². The van der Waals surface area contributed by atoms with Crippen LogP contribution >= 0.6 is 0 Å². The van der Waals surface area contributed by atoms with Gasteiger partial charge in [0, 0.05) is 30.7 Å². The van der Waals surface area contributed by atoms with E-state index in [9.17, 15) is 8.42 Å². The van der Waals surface area contributed by atoms with Crippen molar-refractivity contribution in [2.24, 2.45) is 5.14 Å². The van der Waals surface area contributed by atoms with E-state index in [0.717, 1.165) is 38.9 Å². The molecule has 1 aliphatic heterocycles. The molecule has 0 fully saturated rings. The predicted molar refractivity (Wildman–Crippen MR) is 101 cm³/mol. The molecule has 6 nitrogen and oxygen atoms in total. The van der Waals surface area contributed by atoms with Crippen LogP contribution in [0.1, 0.15) is 11.1 Å². The lowest BCUT2D eigenvalue weighted by molar-refractivity contribution is 0.392. The molecule has 1 aromatic heterocycles. The Morgan fingerprint density at radius 2 is 1.96 bits per heavy atom. The van der Waals surface area contributed by atoms with E-state index in [0.29, 0.717) is 19.5 Å². The Morgan fingerprint density at radius 1 is 1.12 bits per heavy atom. The summed E-state index contributed by atoms with van der Waals surface area (Å²) in [6.45, 7) is 0.728. The summed E-state index contributed by atoms with van der Waals surface area (Å²) in [5.41, 5.74) is 5.20. The molecule has 0 amide bonds. The van der Waals surface area contributed by atoms with E-state index in [2.05, 4.69) is 11.1 Å². The Bertz CT molecular complexity index is 1100. The summed E-state index contributed by atoms with van der Waals surface area (Å²) >= 11 is 0. The first-order chi connectivity index (χ1) is 12.5. The van der Waals surface area contributed by atoms with Gasteiger partial charge in [0.15, 0.2) is 0 Å². The fourth-order valence-electron chi connectivity index (χ4n) is 3.42. The lowest BCUT2D eigenvalue weighted by atomic mass is 9.94. The molecule has 134 valence electrons. The predicted octanol–water partition coefficient (Wildman–Crippen LogP) is 2.47. The molecule has 2 heterocycles. The summed E-state index contributed by atoms with van der Waals surface area (Å²) < 4.78 is 29.7. The van der Waals surface area contributed by atoms with Crippen molar-refractivity contribution in [3.8, 4) is 16.9 Å². The number of rotatable bonds is 3. The smallest absolute Gasteiger partial charge is 0.277 e. The molecule has 0 spiro atoms. The Morgan fingerprint density at radius 3 is 2.73 bits per heavy atom. The number of hydrogen-bond donors (Lipinski definition) is 1. The van der Waals surface area contributed by atoms with Crippen molar-refractivity contribution in [2.45, 2.75) is 13.0 Å². The Balaban J connectivity index is 1.75. The highest BCUT2D eigenvalue weighted by Gasteiger charge is 2.23. The maximum atomic E-state index is 11.6. The Kier molecular flexibility index (Phi) is 4.14. The second-order valence-corrected chi connectivity index (χ2v) is 7.90. The van der Waals surface area contributed by atoms with Crippen molar-refractivity contribution >= 4 is 21.1 Å². The van der Waals surface area contributed by atoms with Crippen LogP contribution in [-0.2, 0) is 23.2 Å². The highest BCUT2D eigenvalue weighted by atomic mass is 32.2. The minimum atomic E-state index is -3.65. The van der Waals surface area contributed by atoms with Gasteiger partial charge >= 0.3 is 0 Å². The topological polar surface area (TPSA) is 85.5 Å². The third kappa shape index (κ3) is 3.05. The van der Waals surface area contributed by atoms with Gasteiger partial charge in [-0.3, -0.25) is 4.98 Å². The third-order valence-electron chi connectivity index (χ3n) is 4.80. The zero-order valence-corrected chi connectivity index (χ0v) is 15.2. The Hall–Kier alpha value is -2.48. The van der Waals surface area contributed by atoms with Crippen LogP contribution in [0.5, 0.6) is 5.75 Å². The van der Waals surface area contributed by atoms with E-state index in [-0.39, 0.29) is 0 Å². The standard InChI is InChI=1S/C19H19N3O3S/c1-25-16-4-5-18-17(6-8-21-19(18)11-16)14-2-3-15-12-22(26(20,23)24)9-7-13(15)10-14/h2-6,8,10-11H,7,9,12H2,1H3,(H2,20,23,24). The maximum Gasteiger partial charge on any atom is 0.277 e. The lowest BCUT2D eigenvalue weighted by Crippen LogP contribution is -2.40. The van der Waals surface area contributed by atoms with Crippen LogP contribution in [0.3, 0.4) is 0 Å². The minimum Gasteiger partial charge on any atom is -0.497 e. The van der Waals surface area contributed by atoms with Gasteiger partial charge < -0.3 is 4.74 Å². The highest BCUT2D eigenvalue weighted by Crippen LogP contribution is 2.32. The second kappa shape index (κ2) is 6.35. The first-order valence-corrected chi connectivity index (χ1v) is 9.79. The van der Waals surface area contributed by atoms with E-state index in [4.69, 9.17) is 9.88 Å². The number of aromatic nitrogens is 1. The van der Waals surface area contributed by atoms with Crippen molar-refractivity contribution in [1.82, 2.24) is 9.29 Å². The number of hydrogen-bond acceptors (Lipinski definition) is 4. The van der Waals surface area contributed by atoms with Crippen LogP contribution in [-0.4, -0.2) is 31.4 Å². The maximum absolute atomic E-state index is 11.6. The van der Waals surface area contributed by atoms with E-state index in [1.54, 1.807) is 13.3 Å². The molecule has 7 heteroatoms. The van der Waals surface area contributed by atoms with Gasteiger partial charge in [-0.05, 0) is 46.9 Å². The first-order valence-electron chi connectivity index (χ1n) is 8.28. The second-order valence-electron chi connectivity index (χ2n) is 6.35. The van der Waals surface area contributed by atoms with Gasteiger partial charge in [-0.15, -0.1) is 0 Å². The molecule has 0 atom stereocenters. The fraction of sp³-hybridized carbons (Fsp3) is 0.211. The first kappa shape index (κ1) is 17.0. The third-order valence-corrected chi connectivity index (χ3v) is 5.84. The minimum absolute atomic E-state index is 0.322. The molecule has 4 rings (SSSR count). The number of fused-ring (bicyclic) bond motifs is 2. The largest absolute Gasteiger partial charge is 0.497 e. The zero-order chi connectivity index (χ0) is 18.3. The molecule has 0 unspecified atom stereocenters. The van der Waals surface area contributed by atoms with Gasteiger partial charge in [-0.25, -0.2) is 5.14 Å². The molecule has 0 bridgehead atoms. The summed E-state index contributed by atoms with van der Waals surface area (Å²) in [7, 11) is -2.01. The Labute approximate surface area is 152 Å². The highest BCUT2D eigenvalue weighted by molar-refractivity contribution is 7.86. The number of nitrogens with two attached hydrogens (primary N) is 1. The zero-order valence-electron chi connectivity index (χ0n) is 14.3. The van der Waals surface area contributed by atoms with Gasteiger partial charge in [0.1, 0.15) is 5.75 Å². The quantitative estimate of drug-likeness (QED) is 0.768. The molecule has 0 radical (unpaired) electrons. The number of nitrogens with zero attached hydrogens (tertiary/aromatic N) is 2. The van der Waals surface area contributed by atoms with Gasteiger partial charge in [-0.1, -0.05) is 18.2 Å². The van der Waals surface area contributed by atoms with Gasteiger partial charge in [0.2, 0.25) is 0 Å². The molecule has 3 aromatic rings. The van der Waals surface area contributed by atoms with E-state index < -0.39 is 10.2 Å². The van der Waals surface area contributed by atoms with Crippen molar-refractivity contribution in [2.75, 3.05) is 13.7 Å².